The van der Waals surface area contributed by atoms with E-state index in [1.54, 1.807) is 23.5 Å². The lowest BCUT2D eigenvalue weighted by Gasteiger charge is -2.28. The van der Waals surface area contributed by atoms with E-state index in [-0.39, 0.29) is 17.4 Å². The van der Waals surface area contributed by atoms with Crippen LogP contribution in [0.4, 0.5) is 5.00 Å². The summed E-state index contributed by atoms with van der Waals surface area (Å²) >= 11 is 7.77. The number of thiophene rings is 1. The third-order valence-electron chi connectivity index (χ3n) is 4.89. The number of ether oxygens (including phenoxy) is 1. The van der Waals surface area contributed by atoms with Gasteiger partial charge in [-0.15, -0.1) is 11.3 Å². The molecule has 0 spiro atoms. The zero-order valence-corrected chi connectivity index (χ0v) is 15.6. The van der Waals surface area contributed by atoms with Crippen molar-refractivity contribution in [3.8, 4) is 11.5 Å². The molecule has 1 aromatic heterocycles. The average Bonchev–Trinajstić information content (AvgIpc) is 2.94. The van der Waals surface area contributed by atoms with Crippen LogP contribution in [0.25, 0.3) is 0 Å². The SMILES string of the molecule is COc1cc(Cl)cc([C@H]2NC(=O)c3c(sc4c3CC[C@H](C)C4)N2)c1O. The lowest BCUT2D eigenvalue weighted by molar-refractivity contribution is 0.0934. The maximum absolute atomic E-state index is 12.7. The second-order valence-corrected chi connectivity index (χ2v) is 8.19. The summed E-state index contributed by atoms with van der Waals surface area (Å²) in [5.41, 5.74) is 2.43. The topological polar surface area (TPSA) is 70.6 Å². The molecule has 5 nitrogen and oxygen atoms in total. The molecule has 4 rings (SSSR count). The fourth-order valence-corrected chi connectivity index (χ4v) is 5.24. The van der Waals surface area contributed by atoms with E-state index in [1.807, 2.05) is 0 Å². The lowest BCUT2D eigenvalue weighted by Crippen LogP contribution is -2.38. The Morgan fingerprint density at radius 2 is 2.16 bits per heavy atom. The first kappa shape index (κ1) is 16.5. The Bertz CT molecular complexity index is 864. The maximum atomic E-state index is 12.7. The molecule has 1 aliphatic carbocycles. The van der Waals surface area contributed by atoms with Gasteiger partial charge in [0.15, 0.2) is 11.5 Å². The number of carbonyl (C=O) groups excluding carboxylic acids is 1. The Balaban J connectivity index is 1.73. The van der Waals surface area contributed by atoms with Gasteiger partial charge in [-0.2, -0.15) is 0 Å². The summed E-state index contributed by atoms with van der Waals surface area (Å²) in [6.45, 7) is 2.24. The van der Waals surface area contributed by atoms with Gasteiger partial charge in [0.05, 0.1) is 12.7 Å². The van der Waals surface area contributed by atoms with Crippen molar-refractivity contribution >= 4 is 33.8 Å². The highest BCUT2D eigenvalue weighted by atomic mass is 35.5. The van der Waals surface area contributed by atoms with Gasteiger partial charge < -0.3 is 20.5 Å². The second kappa shape index (κ2) is 6.11. The number of methoxy groups -OCH3 is 1. The van der Waals surface area contributed by atoms with Crippen LogP contribution in [0.2, 0.25) is 5.02 Å². The molecule has 1 amide bonds. The highest BCUT2D eigenvalue weighted by molar-refractivity contribution is 7.16. The molecule has 0 fully saturated rings. The summed E-state index contributed by atoms with van der Waals surface area (Å²) in [5, 5.41) is 18.0. The quantitative estimate of drug-likeness (QED) is 0.736. The van der Waals surface area contributed by atoms with Crippen LogP contribution in [-0.2, 0) is 12.8 Å². The third-order valence-corrected chi connectivity index (χ3v) is 6.29. The molecule has 132 valence electrons. The van der Waals surface area contributed by atoms with Crippen LogP contribution in [-0.4, -0.2) is 18.1 Å². The van der Waals surface area contributed by atoms with Crippen molar-refractivity contribution in [1.82, 2.24) is 5.32 Å². The molecule has 7 heteroatoms. The number of anilines is 1. The number of halogens is 1. The minimum absolute atomic E-state index is 0.0249. The van der Waals surface area contributed by atoms with Gasteiger partial charge in [-0.3, -0.25) is 4.79 Å². The van der Waals surface area contributed by atoms with Gasteiger partial charge in [-0.25, -0.2) is 0 Å². The average molecular weight is 379 g/mol. The minimum atomic E-state index is -0.551. The van der Waals surface area contributed by atoms with Crippen LogP contribution in [0.3, 0.4) is 0 Å². The van der Waals surface area contributed by atoms with E-state index in [0.717, 1.165) is 29.8 Å². The van der Waals surface area contributed by atoms with Crippen molar-refractivity contribution < 1.29 is 14.6 Å². The zero-order chi connectivity index (χ0) is 17.7. The summed E-state index contributed by atoms with van der Waals surface area (Å²) in [6.07, 6.45) is 2.52. The van der Waals surface area contributed by atoms with Gasteiger partial charge in [-0.05, 0) is 36.8 Å². The van der Waals surface area contributed by atoms with E-state index >= 15 is 0 Å². The normalized spacial score (nSPS) is 21.8. The first-order valence-corrected chi connectivity index (χ1v) is 9.45. The Kier molecular flexibility index (Phi) is 4.04. The van der Waals surface area contributed by atoms with E-state index in [0.29, 0.717) is 16.5 Å². The summed E-state index contributed by atoms with van der Waals surface area (Å²) < 4.78 is 5.16. The number of nitrogens with one attached hydrogen (secondary N) is 2. The molecule has 0 saturated carbocycles. The second-order valence-electron chi connectivity index (χ2n) is 6.65. The molecule has 2 heterocycles. The molecule has 1 aliphatic heterocycles. The number of hydrogen-bond acceptors (Lipinski definition) is 5. The number of carbonyl (C=O) groups is 1. The van der Waals surface area contributed by atoms with E-state index in [2.05, 4.69) is 17.6 Å². The summed E-state index contributed by atoms with van der Waals surface area (Å²) in [5.74, 6) is 0.795. The van der Waals surface area contributed by atoms with Gasteiger partial charge in [0.25, 0.3) is 5.91 Å². The van der Waals surface area contributed by atoms with Crippen LogP contribution in [0.5, 0.6) is 11.5 Å². The summed E-state index contributed by atoms with van der Waals surface area (Å²) in [6, 6.07) is 3.18. The molecule has 0 radical (unpaired) electrons. The first-order valence-electron chi connectivity index (χ1n) is 8.26. The monoisotopic (exact) mass is 378 g/mol. The molecular weight excluding hydrogens is 360 g/mol. The standard InChI is InChI=1S/C18H19ClN2O3S/c1-8-3-4-10-13(5-8)25-18-14(10)17(23)20-16(21-18)11-6-9(19)7-12(24-2)15(11)22/h6-8,16,21-22H,3-5H2,1-2H3,(H,20,23)/t8-,16-/m0/s1. The number of hydrogen-bond donors (Lipinski definition) is 3. The van der Waals surface area contributed by atoms with E-state index in [1.165, 1.54) is 17.6 Å². The number of fused-ring (bicyclic) bond motifs is 3. The van der Waals surface area contributed by atoms with Crippen LogP contribution in [0.1, 0.15) is 45.9 Å². The molecule has 3 N–H and O–H groups in total. The van der Waals surface area contributed by atoms with E-state index in [9.17, 15) is 9.90 Å². The molecule has 2 aromatic rings. The number of aromatic hydroxyl groups is 1. The largest absolute Gasteiger partial charge is 0.504 e. The zero-order valence-electron chi connectivity index (χ0n) is 14.0. The van der Waals surface area contributed by atoms with Gasteiger partial charge in [0, 0.05) is 21.5 Å². The number of rotatable bonds is 2. The van der Waals surface area contributed by atoms with Gasteiger partial charge in [0.2, 0.25) is 0 Å². The number of phenolic OH excluding ortho intramolecular Hbond substituents is 1. The summed E-state index contributed by atoms with van der Waals surface area (Å²) in [7, 11) is 1.47. The molecule has 1 aromatic carbocycles. The van der Waals surface area contributed by atoms with Gasteiger partial charge in [0.1, 0.15) is 11.2 Å². The smallest absolute Gasteiger partial charge is 0.256 e. The van der Waals surface area contributed by atoms with Gasteiger partial charge >= 0.3 is 0 Å². The van der Waals surface area contributed by atoms with Crippen molar-refractivity contribution in [2.45, 2.75) is 32.4 Å². The Morgan fingerprint density at radius 1 is 1.36 bits per heavy atom. The number of amides is 1. The highest BCUT2D eigenvalue weighted by Crippen LogP contribution is 2.44. The fraction of sp³-hybridized carbons (Fsp3) is 0.389. The van der Waals surface area contributed by atoms with Crippen LogP contribution >= 0.6 is 22.9 Å². The molecular formula is C18H19ClN2O3S. The number of benzene rings is 1. The summed E-state index contributed by atoms with van der Waals surface area (Å²) in [4.78, 5) is 14.0. The molecule has 2 atom stereocenters. The van der Waals surface area contributed by atoms with Crippen LogP contribution in [0, 0.1) is 5.92 Å². The third kappa shape index (κ3) is 2.73. The first-order chi connectivity index (χ1) is 12.0. The predicted octanol–water partition coefficient (Wildman–Crippen LogP) is 4.09. The van der Waals surface area contributed by atoms with Crippen molar-refractivity contribution in [3.05, 3.63) is 38.7 Å². The molecule has 0 saturated heterocycles. The fourth-order valence-electron chi connectivity index (χ4n) is 3.59. The van der Waals surface area contributed by atoms with Crippen molar-refractivity contribution in [2.75, 3.05) is 12.4 Å². The van der Waals surface area contributed by atoms with E-state index < -0.39 is 6.17 Å². The van der Waals surface area contributed by atoms with Crippen molar-refractivity contribution in [1.29, 1.82) is 0 Å². The Hall–Kier alpha value is -1.92. The lowest BCUT2D eigenvalue weighted by atomic mass is 9.88. The van der Waals surface area contributed by atoms with Crippen LogP contribution < -0.4 is 15.4 Å². The Labute approximate surface area is 155 Å². The molecule has 0 unspecified atom stereocenters. The van der Waals surface area contributed by atoms with Gasteiger partial charge in [-0.1, -0.05) is 18.5 Å². The predicted molar refractivity (Wildman–Crippen MR) is 99.0 cm³/mol. The minimum Gasteiger partial charge on any atom is -0.504 e. The maximum Gasteiger partial charge on any atom is 0.256 e. The highest BCUT2D eigenvalue weighted by Gasteiger charge is 2.34. The molecule has 25 heavy (non-hydrogen) atoms. The van der Waals surface area contributed by atoms with Crippen molar-refractivity contribution in [2.24, 2.45) is 5.92 Å². The van der Waals surface area contributed by atoms with Crippen LogP contribution in [0.15, 0.2) is 12.1 Å². The number of phenols is 1. The van der Waals surface area contributed by atoms with E-state index in [4.69, 9.17) is 16.3 Å². The molecule has 2 aliphatic rings. The van der Waals surface area contributed by atoms with Crippen molar-refractivity contribution in [3.63, 3.8) is 0 Å². The Morgan fingerprint density at radius 3 is 2.92 bits per heavy atom. The molecule has 0 bridgehead atoms.